The van der Waals surface area contributed by atoms with Gasteiger partial charge in [-0.1, -0.05) is 66.7 Å². The van der Waals surface area contributed by atoms with Gasteiger partial charge in [-0.15, -0.1) is 0 Å². The number of fused-ring (bicyclic) bond motifs is 1. The van der Waals surface area contributed by atoms with Crippen molar-refractivity contribution in [3.8, 4) is 11.1 Å². The van der Waals surface area contributed by atoms with Crippen LogP contribution in [-0.2, 0) is 6.42 Å². The topological polar surface area (TPSA) is 30.0 Å². The van der Waals surface area contributed by atoms with Crippen LogP contribution < -0.4 is 0 Å². The molecular formula is C24H19NO. The summed E-state index contributed by atoms with van der Waals surface area (Å²) in [6, 6.07) is 24.7. The Balaban J connectivity index is 1.80. The SMILES string of the molecule is Cc1c(Cc2cccc3c(C=O)ccnc23)cccc1-c1ccccc1. The van der Waals surface area contributed by atoms with Crippen LogP contribution in [0.4, 0.5) is 0 Å². The summed E-state index contributed by atoms with van der Waals surface area (Å²) >= 11 is 0. The lowest BCUT2D eigenvalue weighted by molar-refractivity contribution is 0.112. The largest absolute Gasteiger partial charge is 0.298 e. The van der Waals surface area contributed by atoms with Gasteiger partial charge in [-0.05, 0) is 47.2 Å². The molecule has 0 atom stereocenters. The summed E-state index contributed by atoms with van der Waals surface area (Å²) in [7, 11) is 0. The van der Waals surface area contributed by atoms with Crippen molar-refractivity contribution in [2.24, 2.45) is 0 Å². The van der Waals surface area contributed by atoms with Crippen molar-refractivity contribution in [1.82, 2.24) is 4.98 Å². The maximum Gasteiger partial charge on any atom is 0.150 e. The Hall–Kier alpha value is -3.26. The molecule has 1 aromatic heterocycles. The van der Waals surface area contributed by atoms with E-state index in [1.807, 2.05) is 18.2 Å². The van der Waals surface area contributed by atoms with E-state index in [4.69, 9.17) is 0 Å². The molecule has 0 N–H and O–H groups in total. The number of carbonyl (C=O) groups is 1. The van der Waals surface area contributed by atoms with Gasteiger partial charge in [-0.2, -0.15) is 0 Å². The van der Waals surface area contributed by atoms with Crippen LogP contribution in [0.25, 0.3) is 22.0 Å². The van der Waals surface area contributed by atoms with Gasteiger partial charge in [0.05, 0.1) is 5.52 Å². The zero-order valence-electron chi connectivity index (χ0n) is 14.6. The normalized spacial score (nSPS) is 10.8. The Kier molecular flexibility index (Phi) is 4.32. The van der Waals surface area contributed by atoms with E-state index in [0.717, 1.165) is 29.2 Å². The minimum absolute atomic E-state index is 0.687. The molecule has 0 bridgehead atoms. The summed E-state index contributed by atoms with van der Waals surface area (Å²) in [6.07, 6.45) is 3.40. The molecule has 0 aliphatic carbocycles. The molecule has 2 nitrogen and oxygen atoms in total. The minimum atomic E-state index is 0.687. The number of hydrogen-bond acceptors (Lipinski definition) is 2. The van der Waals surface area contributed by atoms with Gasteiger partial charge in [0.15, 0.2) is 6.29 Å². The zero-order valence-corrected chi connectivity index (χ0v) is 14.6. The molecule has 2 heteroatoms. The highest BCUT2D eigenvalue weighted by Crippen LogP contribution is 2.28. The van der Waals surface area contributed by atoms with Gasteiger partial charge >= 0.3 is 0 Å². The molecule has 0 saturated carbocycles. The zero-order chi connectivity index (χ0) is 17.9. The Morgan fingerprint density at radius 3 is 2.42 bits per heavy atom. The molecule has 0 unspecified atom stereocenters. The van der Waals surface area contributed by atoms with Crippen LogP contribution in [0.15, 0.2) is 79.0 Å². The predicted octanol–water partition coefficient (Wildman–Crippen LogP) is 5.61. The second-order valence-electron chi connectivity index (χ2n) is 6.46. The number of aromatic nitrogens is 1. The molecule has 0 radical (unpaired) electrons. The molecule has 4 rings (SSSR count). The molecule has 0 fully saturated rings. The van der Waals surface area contributed by atoms with E-state index >= 15 is 0 Å². The first kappa shape index (κ1) is 16.2. The van der Waals surface area contributed by atoms with Gasteiger partial charge in [0, 0.05) is 17.1 Å². The van der Waals surface area contributed by atoms with Crippen molar-refractivity contribution in [3.63, 3.8) is 0 Å². The average molecular weight is 337 g/mol. The lowest BCUT2D eigenvalue weighted by Gasteiger charge is -2.13. The van der Waals surface area contributed by atoms with E-state index in [1.54, 1.807) is 12.3 Å². The van der Waals surface area contributed by atoms with E-state index in [0.29, 0.717) is 5.56 Å². The fraction of sp³-hybridized carbons (Fsp3) is 0.0833. The summed E-state index contributed by atoms with van der Waals surface area (Å²) in [5, 5.41) is 0.914. The average Bonchev–Trinajstić information content (AvgIpc) is 2.70. The standard InChI is InChI=1S/C24H19NO/c1-17-19(9-5-11-22(17)18-7-3-2-4-8-18)15-20-10-6-12-23-21(16-26)13-14-25-24(20)23/h2-14,16H,15H2,1H3. The fourth-order valence-corrected chi connectivity index (χ4v) is 3.51. The van der Waals surface area contributed by atoms with E-state index < -0.39 is 0 Å². The molecule has 0 amide bonds. The van der Waals surface area contributed by atoms with Crippen molar-refractivity contribution < 1.29 is 4.79 Å². The molecule has 26 heavy (non-hydrogen) atoms. The summed E-state index contributed by atoms with van der Waals surface area (Å²) in [5.74, 6) is 0. The quantitative estimate of drug-likeness (QED) is 0.453. The second kappa shape index (κ2) is 6.93. The highest BCUT2D eigenvalue weighted by molar-refractivity contribution is 5.97. The van der Waals surface area contributed by atoms with Crippen LogP contribution in [-0.4, -0.2) is 11.3 Å². The highest BCUT2D eigenvalue weighted by Gasteiger charge is 2.10. The van der Waals surface area contributed by atoms with E-state index in [1.165, 1.54) is 22.3 Å². The maximum absolute atomic E-state index is 11.3. The monoisotopic (exact) mass is 337 g/mol. The Bertz CT molecular complexity index is 1080. The number of para-hydroxylation sites is 1. The van der Waals surface area contributed by atoms with Crippen LogP contribution in [0, 0.1) is 6.92 Å². The van der Waals surface area contributed by atoms with Crippen LogP contribution in [0.5, 0.6) is 0 Å². The first-order chi connectivity index (χ1) is 12.8. The third-order valence-corrected chi connectivity index (χ3v) is 4.93. The Labute approximate surface area is 153 Å². The lowest BCUT2D eigenvalue weighted by Crippen LogP contribution is -1.97. The summed E-state index contributed by atoms with van der Waals surface area (Å²) < 4.78 is 0. The van der Waals surface area contributed by atoms with Crippen LogP contribution >= 0.6 is 0 Å². The molecule has 0 aliphatic heterocycles. The minimum Gasteiger partial charge on any atom is -0.298 e. The van der Waals surface area contributed by atoms with Crippen molar-refractivity contribution >= 4 is 17.2 Å². The number of carbonyl (C=O) groups excluding carboxylic acids is 1. The number of rotatable bonds is 4. The van der Waals surface area contributed by atoms with E-state index in [-0.39, 0.29) is 0 Å². The molecule has 4 aromatic rings. The van der Waals surface area contributed by atoms with E-state index in [2.05, 4.69) is 60.4 Å². The number of aldehydes is 1. The number of pyridine rings is 1. The van der Waals surface area contributed by atoms with Gasteiger partial charge in [-0.3, -0.25) is 9.78 Å². The molecule has 0 aliphatic rings. The van der Waals surface area contributed by atoms with E-state index in [9.17, 15) is 4.79 Å². The summed E-state index contributed by atoms with van der Waals surface area (Å²) in [4.78, 5) is 15.9. The second-order valence-corrected chi connectivity index (χ2v) is 6.46. The van der Waals surface area contributed by atoms with Gasteiger partial charge in [0.2, 0.25) is 0 Å². The predicted molar refractivity (Wildman–Crippen MR) is 107 cm³/mol. The van der Waals surface area contributed by atoms with Crippen LogP contribution in [0.1, 0.15) is 27.0 Å². The Morgan fingerprint density at radius 2 is 1.62 bits per heavy atom. The Morgan fingerprint density at radius 1 is 0.846 bits per heavy atom. The number of benzene rings is 3. The highest BCUT2D eigenvalue weighted by atomic mass is 16.1. The number of nitrogens with zero attached hydrogens (tertiary/aromatic N) is 1. The molecule has 0 saturated heterocycles. The maximum atomic E-state index is 11.3. The smallest absolute Gasteiger partial charge is 0.150 e. The fourth-order valence-electron chi connectivity index (χ4n) is 3.51. The molecule has 0 spiro atoms. The molecule has 3 aromatic carbocycles. The first-order valence-electron chi connectivity index (χ1n) is 8.73. The molecule has 126 valence electrons. The van der Waals surface area contributed by atoms with Crippen molar-refractivity contribution in [3.05, 3.63) is 101 Å². The third-order valence-electron chi connectivity index (χ3n) is 4.93. The summed E-state index contributed by atoms with van der Waals surface area (Å²) in [5.41, 5.74) is 7.77. The van der Waals surface area contributed by atoms with Crippen molar-refractivity contribution in [2.45, 2.75) is 13.3 Å². The summed E-state index contributed by atoms with van der Waals surface area (Å²) in [6.45, 7) is 2.17. The molecular weight excluding hydrogens is 318 g/mol. The van der Waals surface area contributed by atoms with Crippen LogP contribution in [0.2, 0.25) is 0 Å². The van der Waals surface area contributed by atoms with Crippen molar-refractivity contribution in [1.29, 1.82) is 0 Å². The number of hydrogen-bond donors (Lipinski definition) is 0. The van der Waals surface area contributed by atoms with Gasteiger partial charge in [0.1, 0.15) is 0 Å². The first-order valence-corrected chi connectivity index (χ1v) is 8.73. The van der Waals surface area contributed by atoms with Gasteiger partial charge < -0.3 is 0 Å². The van der Waals surface area contributed by atoms with Crippen LogP contribution in [0.3, 0.4) is 0 Å². The van der Waals surface area contributed by atoms with Gasteiger partial charge in [0.25, 0.3) is 0 Å². The van der Waals surface area contributed by atoms with Gasteiger partial charge in [-0.25, -0.2) is 0 Å². The molecule has 1 heterocycles. The van der Waals surface area contributed by atoms with Crippen molar-refractivity contribution in [2.75, 3.05) is 0 Å². The lowest BCUT2D eigenvalue weighted by atomic mass is 9.92. The third kappa shape index (κ3) is 2.91.